The van der Waals surface area contributed by atoms with Gasteiger partial charge in [-0.2, -0.15) is 0 Å². The van der Waals surface area contributed by atoms with Gasteiger partial charge in [-0.3, -0.25) is 4.79 Å². The van der Waals surface area contributed by atoms with E-state index in [1.807, 2.05) is 0 Å². The molecule has 1 rings (SSSR count). The Morgan fingerprint density at radius 2 is 1.95 bits per heavy atom. The van der Waals surface area contributed by atoms with Crippen LogP contribution in [-0.2, 0) is 14.6 Å². The summed E-state index contributed by atoms with van der Waals surface area (Å²) in [7, 11) is -2.93. The molecule has 0 saturated carbocycles. The van der Waals surface area contributed by atoms with Crippen molar-refractivity contribution >= 4 is 15.7 Å². The van der Waals surface area contributed by atoms with Crippen molar-refractivity contribution in [1.29, 1.82) is 0 Å². The van der Waals surface area contributed by atoms with Crippen molar-refractivity contribution in [1.82, 2.24) is 4.90 Å². The number of hydrogen-bond acceptors (Lipinski definition) is 3. The van der Waals surface area contributed by atoms with Crippen LogP contribution in [0.25, 0.3) is 0 Å². The zero-order chi connectivity index (χ0) is 14.3. The molecule has 0 bridgehead atoms. The topological polar surface area (TPSA) is 54.5 Å². The molecule has 0 unspecified atom stereocenters. The smallest absolute Gasteiger partial charge is 0.222 e. The number of sulfone groups is 1. The first kappa shape index (κ1) is 16.5. The summed E-state index contributed by atoms with van der Waals surface area (Å²) in [6, 6.07) is 0. The summed E-state index contributed by atoms with van der Waals surface area (Å²) in [5.41, 5.74) is 0. The molecule has 0 radical (unpaired) electrons. The van der Waals surface area contributed by atoms with Crippen LogP contribution in [0.1, 0.15) is 52.4 Å². The maximum atomic E-state index is 12.1. The van der Waals surface area contributed by atoms with Crippen LogP contribution in [0.15, 0.2) is 0 Å². The van der Waals surface area contributed by atoms with Gasteiger partial charge in [0.1, 0.15) is 0 Å². The molecule has 4 nitrogen and oxygen atoms in total. The Labute approximate surface area is 117 Å². The molecule has 1 atom stereocenters. The van der Waals surface area contributed by atoms with E-state index in [1.165, 1.54) is 19.3 Å². The molecule has 1 heterocycles. The van der Waals surface area contributed by atoms with Gasteiger partial charge in [0, 0.05) is 19.5 Å². The van der Waals surface area contributed by atoms with Gasteiger partial charge in [0.05, 0.1) is 11.5 Å². The van der Waals surface area contributed by atoms with Crippen LogP contribution >= 0.6 is 0 Å². The molecule has 1 saturated heterocycles. The van der Waals surface area contributed by atoms with Crippen LogP contribution in [0.2, 0.25) is 0 Å². The molecule has 0 aliphatic carbocycles. The molecule has 0 aromatic carbocycles. The van der Waals surface area contributed by atoms with Crippen LogP contribution < -0.4 is 0 Å². The first-order valence-corrected chi connectivity index (χ1v) is 9.25. The van der Waals surface area contributed by atoms with Crippen molar-refractivity contribution in [3.63, 3.8) is 0 Å². The number of carbonyl (C=O) groups is 1. The van der Waals surface area contributed by atoms with Crippen LogP contribution in [0.5, 0.6) is 0 Å². The highest BCUT2D eigenvalue weighted by Crippen LogP contribution is 2.15. The Kier molecular flexibility index (Phi) is 6.83. The second kappa shape index (κ2) is 7.88. The van der Waals surface area contributed by atoms with E-state index in [2.05, 4.69) is 13.8 Å². The molecule has 0 aromatic heterocycles. The van der Waals surface area contributed by atoms with Crippen LogP contribution in [0.3, 0.4) is 0 Å². The summed E-state index contributed by atoms with van der Waals surface area (Å²) < 4.78 is 23.0. The second-order valence-electron chi connectivity index (χ2n) is 5.69. The van der Waals surface area contributed by atoms with Gasteiger partial charge in [-0.15, -0.1) is 0 Å². The predicted octanol–water partition coefficient (Wildman–Crippen LogP) is 2.24. The molecule has 1 aliphatic rings. The molecule has 0 N–H and O–H groups in total. The Bertz CT molecular complexity index is 378. The molecule has 5 heteroatoms. The minimum atomic E-state index is -2.93. The SMILES string of the molecule is CCCCC[C@@H](C)CC(=O)N1CCCS(=O)(=O)CC1. The van der Waals surface area contributed by atoms with Gasteiger partial charge >= 0.3 is 0 Å². The number of carbonyl (C=O) groups excluding carboxylic acids is 1. The minimum Gasteiger partial charge on any atom is -0.342 e. The fourth-order valence-electron chi connectivity index (χ4n) is 2.46. The lowest BCUT2D eigenvalue weighted by atomic mass is 9.99. The van der Waals surface area contributed by atoms with Gasteiger partial charge in [-0.05, 0) is 12.3 Å². The molecule has 112 valence electrons. The van der Waals surface area contributed by atoms with Gasteiger partial charge in [0.2, 0.25) is 5.91 Å². The molecular formula is C14H27NO3S. The summed E-state index contributed by atoms with van der Waals surface area (Å²) >= 11 is 0. The third-order valence-corrected chi connectivity index (χ3v) is 5.45. The third kappa shape index (κ3) is 6.41. The maximum absolute atomic E-state index is 12.1. The Hall–Kier alpha value is -0.580. The monoisotopic (exact) mass is 289 g/mol. The highest BCUT2D eigenvalue weighted by atomic mass is 32.2. The highest BCUT2D eigenvalue weighted by Gasteiger charge is 2.23. The van der Waals surface area contributed by atoms with Gasteiger partial charge in [0.25, 0.3) is 0 Å². The summed E-state index contributed by atoms with van der Waals surface area (Å²) in [6.07, 6.45) is 5.83. The van der Waals surface area contributed by atoms with E-state index < -0.39 is 9.84 Å². The number of unbranched alkanes of at least 4 members (excludes halogenated alkanes) is 2. The molecule has 0 spiro atoms. The first-order chi connectivity index (χ1) is 8.94. The minimum absolute atomic E-state index is 0.126. The number of rotatable bonds is 6. The zero-order valence-electron chi connectivity index (χ0n) is 12.2. The maximum Gasteiger partial charge on any atom is 0.222 e. The summed E-state index contributed by atoms with van der Waals surface area (Å²) in [5.74, 6) is 0.881. The molecular weight excluding hydrogens is 262 g/mol. The largest absolute Gasteiger partial charge is 0.342 e. The van der Waals surface area contributed by atoms with Gasteiger partial charge in [-0.1, -0.05) is 39.5 Å². The van der Waals surface area contributed by atoms with E-state index in [0.29, 0.717) is 31.8 Å². The fraction of sp³-hybridized carbons (Fsp3) is 0.929. The van der Waals surface area contributed by atoms with Crippen LogP contribution in [0.4, 0.5) is 0 Å². The zero-order valence-corrected chi connectivity index (χ0v) is 13.0. The van der Waals surface area contributed by atoms with E-state index in [4.69, 9.17) is 0 Å². The van der Waals surface area contributed by atoms with Gasteiger partial charge in [-0.25, -0.2) is 8.42 Å². The Balaban J connectivity index is 2.36. The highest BCUT2D eigenvalue weighted by molar-refractivity contribution is 7.91. The first-order valence-electron chi connectivity index (χ1n) is 7.43. The molecule has 1 amide bonds. The number of nitrogens with zero attached hydrogens (tertiary/aromatic N) is 1. The number of hydrogen-bond donors (Lipinski definition) is 0. The van der Waals surface area contributed by atoms with Crippen molar-refractivity contribution in [2.45, 2.75) is 52.4 Å². The Morgan fingerprint density at radius 1 is 1.21 bits per heavy atom. The van der Waals surface area contributed by atoms with E-state index in [9.17, 15) is 13.2 Å². The fourth-order valence-corrected chi connectivity index (χ4v) is 3.73. The molecule has 1 fully saturated rings. The van der Waals surface area contributed by atoms with Crippen molar-refractivity contribution in [2.75, 3.05) is 24.6 Å². The van der Waals surface area contributed by atoms with Crippen LogP contribution in [0, 0.1) is 5.92 Å². The normalized spacial score (nSPS) is 20.8. The van der Waals surface area contributed by atoms with E-state index >= 15 is 0 Å². The quantitative estimate of drug-likeness (QED) is 0.705. The van der Waals surface area contributed by atoms with Crippen molar-refractivity contribution in [3.8, 4) is 0 Å². The lowest BCUT2D eigenvalue weighted by Gasteiger charge is -2.21. The van der Waals surface area contributed by atoms with Crippen molar-refractivity contribution in [3.05, 3.63) is 0 Å². The van der Waals surface area contributed by atoms with Crippen molar-refractivity contribution < 1.29 is 13.2 Å². The lowest BCUT2D eigenvalue weighted by Crippen LogP contribution is -2.34. The van der Waals surface area contributed by atoms with Crippen molar-refractivity contribution in [2.24, 2.45) is 5.92 Å². The van der Waals surface area contributed by atoms with Gasteiger partial charge in [0.15, 0.2) is 9.84 Å². The lowest BCUT2D eigenvalue weighted by molar-refractivity contribution is -0.131. The predicted molar refractivity (Wildman–Crippen MR) is 77.8 cm³/mol. The standard InChI is InChI=1S/C14H27NO3S/c1-3-4-5-7-13(2)12-14(16)15-8-6-10-19(17,18)11-9-15/h13H,3-12H2,1-2H3/t13-/m1/s1. The Morgan fingerprint density at radius 3 is 2.63 bits per heavy atom. The van der Waals surface area contributed by atoms with Crippen LogP contribution in [-0.4, -0.2) is 43.8 Å². The summed E-state index contributed by atoms with van der Waals surface area (Å²) in [4.78, 5) is 13.9. The van der Waals surface area contributed by atoms with Gasteiger partial charge < -0.3 is 4.90 Å². The molecule has 19 heavy (non-hydrogen) atoms. The average Bonchev–Trinajstić information content (AvgIpc) is 2.50. The summed E-state index contributed by atoms with van der Waals surface area (Å²) in [6.45, 7) is 5.26. The molecule has 0 aromatic rings. The average molecular weight is 289 g/mol. The second-order valence-corrected chi connectivity index (χ2v) is 7.99. The summed E-state index contributed by atoms with van der Waals surface area (Å²) in [5, 5.41) is 0. The molecule has 1 aliphatic heterocycles. The number of amides is 1. The third-order valence-electron chi connectivity index (χ3n) is 3.73. The van der Waals surface area contributed by atoms with E-state index in [0.717, 1.165) is 6.42 Å². The van der Waals surface area contributed by atoms with E-state index in [-0.39, 0.29) is 17.4 Å². The van der Waals surface area contributed by atoms with E-state index in [1.54, 1.807) is 4.90 Å².